The first kappa shape index (κ1) is 26.4. The summed E-state index contributed by atoms with van der Waals surface area (Å²) >= 11 is 6.77. The highest BCUT2D eigenvalue weighted by molar-refractivity contribution is 9.11. The van der Waals surface area contributed by atoms with Gasteiger partial charge in [0.25, 0.3) is 0 Å². The molecule has 4 rings (SSSR count). The van der Waals surface area contributed by atoms with E-state index in [1.165, 1.54) is 0 Å². The number of rotatable bonds is 8. The van der Waals surface area contributed by atoms with Gasteiger partial charge in [0.2, 0.25) is 0 Å². The summed E-state index contributed by atoms with van der Waals surface area (Å²) in [5.41, 5.74) is 3.42. The minimum atomic E-state index is 0.0204. The van der Waals surface area contributed by atoms with E-state index in [1.54, 1.807) is 25.1 Å². The van der Waals surface area contributed by atoms with E-state index in [0.717, 1.165) is 17.4 Å². The molecule has 4 aromatic carbocycles. The lowest BCUT2D eigenvalue weighted by Gasteiger charge is -2.10. The van der Waals surface area contributed by atoms with Crippen molar-refractivity contribution in [2.45, 2.75) is 20.1 Å². The number of halogens is 2. The average molecular weight is 596 g/mol. The first-order valence-corrected chi connectivity index (χ1v) is 12.4. The number of Topliss-reactive ketones (excluding diaryl/α,β-unsaturated/α-hetero) is 1. The van der Waals surface area contributed by atoms with Gasteiger partial charge in [-0.15, -0.1) is 0 Å². The van der Waals surface area contributed by atoms with E-state index in [9.17, 15) is 9.59 Å². The standard InChI is InChI=1S/C15H13BrO2.C14H11BrO2/c1-11(17)13-8-5-9-14(15(13)16)18-10-12-6-3-2-4-7-12;15-14-12(9-16)7-4-8-13(14)17-10-11-5-2-1-3-6-11/h2-9H,10H2,1H3;1-9H,10H2. The topological polar surface area (TPSA) is 52.6 Å². The molecule has 0 aliphatic heterocycles. The molecule has 0 atom stereocenters. The smallest absolute Gasteiger partial charge is 0.161 e. The van der Waals surface area contributed by atoms with Gasteiger partial charge in [-0.1, -0.05) is 84.9 Å². The highest BCUT2D eigenvalue weighted by Gasteiger charge is 2.10. The third kappa shape index (κ3) is 7.91. The molecule has 0 heterocycles. The van der Waals surface area contributed by atoms with Gasteiger partial charge in [0.1, 0.15) is 24.7 Å². The van der Waals surface area contributed by atoms with Crippen LogP contribution in [-0.4, -0.2) is 12.1 Å². The van der Waals surface area contributed by atoms with Crippen LogP contribution in [0.15, 0.2) is 106 Å². The minimum absolute atomic E-state index is 0.0204. The van der Waals surface area contributed by atoms with E-state index in [2.05, 4.69) is 31.9 Å². The van der Waals surface area contributed by atoms with Crippen molar-refractivity contribution in [1.29, 1.82) is 0 Å². The quantitative estimate of drug-likeness (QED) is 0.153. The lowest BCUT2D eigenvalue weighted by molar-refractivity contribution is 0.101. The molecule has 0 aliphatic rings. The van der Waals surface area contributed by atoms with Crippen LogP contribution in [0.25, 0.3) is 0 Å². The van der Waals surface area contributed by atoms with Crippen LogP contribution in [0.1, 0.15) is 38.8 Å². The molecule has 35 heavy (non-hydrogen) atoms. The molecule has 0 N–H and O–H groups in total. The molecule has 0 saturated carbocycles. The molecule has 0 radical (unpaired) electrons. The lowest BCUT2D eigenvalue weighted by Crippen LogP contribution is -1.99. The van der Waals surface area contributed by atoms with Crippen molar-refractivity contribution < 1.29 is 19.1 Å². The largest absolute Gasteiger partial charge is 0.488 e. The molecule has 178 valence electrons. The molecule has 0 aliphatic carbocycles. The van der Waals surface area contributed by atoms with Crippen LogP contribution < -0.4 is 9.47 Å². The zero-order valence-electron chi connectivity index (χ0n) is 19.1. The van der Waals surface area contributed by atoms with Gasteiger partial charge >= 0.3 is 0 Å². The fraction of sp³-hybridized carbons (Fsp3) is 0.103. The monoisotopic (exact) mass is 594 g/mol. The predicted molar refractivity (Wildman–Crippen MR) is 145 cm³/mol. The minimum Gasteiger partial charge on any atom is -0.488 e. The fourth-order valence-electron chi connectivity index (χ4n) is 3.10. The Balaban J connectivity index is 0.000000196. The second-order valence-electron chi connectivity index (χ2n) is 7.50. The maximum absolute atomic E-state index is 11.4. The number of hydrogen-bond donors (Lipinski definition) is 0. The molecule has 0 saturated heterocycles. The van der Waals surface area contributed by atoms with Gasteiger partial charge in [0.15, 0.2) is 12.1 Å². The summed E-state index contributed by atoms with van der Waals surface area (Å²) < 4.78 is 12.8. The summed E-state index contributed by atoms with van der Waals surface area (Å²) in [6.45, 7) is 2.52. The highest BCUT2D eigenvalue weighted by atomic mass is 79.9. The first-order chi connectivity index (χ1) is 17.0. The zero-order chi connectivity index (χ0) is 25.0. The summed E-state index contributed by atoms with van der Waals surface area (Å²) in [5.74, 6) is 1.39. The Morgan fingerprint density at radius 1 is 0.686 bits per heavy atom. The van der Waals surface area contributed by atoms with Crippen LogP contribution in [-0.2, 0) is 13.2 Å². The maximum Gasteiger partial charge on any atom is 0.161 e. The number of hydrogen-bond acceptors (Lipinski definition) is 4. The summed E-state index contributed by atoms with van der Waals surface area (Å²) in [7, 11) is 0. The Morgan fingerprint density at radius 2 is 1.17 bits per heavy atom. The Labute approximate surface area is 222 Å². The number of carbonyl (C=O) groups excluding carboxylic acids is 2. The third-order valence-electron chi connectivity index (χ3n) is 4.94. The molecule has 0 spiro atoms. The maximum atomic E-state index is 11.4. The molecule has 0 amide bonds. The van der Waals surface area contributed by atoms with Gasteiger partial charge in [-0.3, -0.25) is 9.59 Å². The van der Waals surface area contributed by atoms with E-state index in [4.69, 9.17) is 9.47 Å². The summed E-state index contributed by atoms with van der Waals surface area (Å²) in [6.07, 6.45) is 0.805. The summed E-state index contributed by atoms with van der Waals surface area (Å²) in [4.78, 5) is 22.2. The molecule has 4 nitrogen and oxygen atoms in total. The number of benzene rings is 4. The average Bonchev–Trinajstić information content (AvgIpc) is 2.89. The second kappa shape index (κ2) is 13.6. The Kier molecular flexibility index (Phi) is 10.3. The fourth-order valence-corrected chi connectivity index (χ4v) is 4.23. The Bertz CT molecular complexity index is 1260. The number of ether oxygens (including phenoxy) is 2. The van der Waals surface area contributed by atoms with E-state index in [1.807, 2.05) is 78.9 Å². The first-order valence-electron chi connectivity index (χ1n) is 10.9. The van der Waals surface area contributed by atoms with Crippen molar-refractivity contribution in [1.82, 2.24) is 0 Å². The zero-order valence-corrected chi connectivity index (χ0v) is 22.3. The van der Waals surface area contributed by atoms with Crippen molar-refractivity contribution in [3.8, 4) is 11.5 Å². The van der Waals surface area contributed by atoms with Crippen molar-refractivity contribution >= 4 is 43.9 Å². The SMILES string of the molecule is CC(=O)c1cccc(OCc2ccccc2)c1Br.O=Cc1cccc(OCc2ccccc2)c1Br. The Hall–Kier alpha value is -3.22. The van der Waals surface area contributed by atoms with Crippen LogP contribution in [0.3, 0.4) is 0 Å². The second-order valence-corrected chi connectivity index (χ2v) is 9.09. The Morgan fingerprint density at radius 3 is 1.66 bits per heavy atom. The van der Waals surface area contributed by atoms with E-state index >= 15 is 0 Å². The van der Waals surface area contributed by atoms with Crippen LogP contribution >= 0.6 is 31.9 Å². The van der Waals surface area contributed by atoms with Crippen molar-refractivity contribution in [2.75, 3.05) is 0 Å². The highest BCUT2D eigenvalue weighted by Crippen LogP contribution is 2.30. The van der Waals surface area contributed by atoms with Crippen LogP contribution in [0, 0.1) is 0 Å². The van der Waals surface area contributed by atoms with Gasteiger partial charge in [0, 0.05) is 11.1 Å². The molecular weight excluding hydrogens is 572 g/mol. The van der Waals surface area contributed by atoms with Gasteiger partial charge in [-0.05, 0) is 62.0 Å². The van der Waals surface area contributed by atoms with Crippen molar-refractivity contribution in [2.24, 2.45) is 0 Å². The molecular formula is C29H24Br2O4. The van der Waals surface area contributed by atoms with Gasteiger partial charge in [0.05, 0.1) is 8.95 Å². The normalized spacial score (nSPS) is 10.0. The number of aldehydes is 1. The molecule has 0 fully saturated rings. The van der Waals surface area contributed by atoms with E-state index < -0.39 is 0 Å². The van der Waals surface area contributed by atoms with E-state index in [0.29, 0.717) is 44.8 Å². The van der Waals surface area contributed by atoms with E-state index in [-0.39, 0.29) is 5.78 Å². The molecule has 0 aromatic heterocycles. The van der Waals surface area contributed by atoms with Crippen molar-refractivity contribution in [3.05, 3.63) is 128 Å². The van der Waals surface area contributed by atoms with Gasteiger partial charge in [-0.25, -0.2) is 0 Å². The lowest BCUT2D eigenvalue weighted by atomic mass is 10.1. The number of ketones is 1. The predicted octanol–water partition coefficient (Wildman–Crippen LogP) is 8.07. The third-order valence-corrected chi connectivity index (χ3v) is 6.60. The molecule has 0 unspecified atom stereocenters. The van der Waals surface area contributed by atoms with Gasteiger partial charge < -0.3 is 9.47 Å². The van der Waals surface area contributed by atoms with Crippen LogP contribution in [0.2, 0.25) is 0 Å². The number of carbonyl (C=O) groups is 2. The summed E-state index contributed by atoms with van der Waals surface area (Å²) in [5, 5.41) is 0. The molecule has 6 heteroatoms. The summed E-state index contributed by atoms with van der Waals surface area (Å²) in [6, 6.07) is 30.6. The van der Waals surface area contributed by atoms with Crippen molar-refractivity contribution in [3.63, 3.8) is 0 Å². The van der Waals surface area contributed by atoms with Crippen LogP contribution in [0.4, 0.5) is 0 Å². The molecule has 0 bridgehead atoms. The van der Waals surface area contributed by atoms with Gasteiger partial charge in [-0.2, -0.15) is 0 Å². The molecule has 4 aromatic rings. The van der Waals surface area contributed by atoms with Crippen LogP contribution in [0.5, 0.6) is 11.5 Å².